The Kier molecular flexibility index (Phi) is 7.89. The van der Waals surface area contributed by atoms with Crippen molar-refractivity contribution in [2.75, 3.05) is 18.4 Å². The van der Waals surface area contributed by atoms with Crippen molar-refractivity contribution in [1.82, 2.24) is 19.8 Å². The Morgan fingerprint density at radius 3 is 2.36 bits per heavy atom. The Labute approximate surface area is 195 Å². The summed E-state index contributed by atoms with van der Waals surface area (Å²) in [6.45, 7) is 8.91. The minimum atomic E-state index is -0.650. The van der Waals surface area contributed by atoms with Gasteiger partial charge in [0.2, 0.25) is 17.7 Å². The smallest absolute Gasteiger partial charge is 0.250 e. The van der Waals surface area contributed by atoms with E-state index in [-0.39, 0.29) is 17.7 Å². The highest BCUT2D eigenvalue weighted by Crippen LogP contribution is 2.24. The molecule has 1 aromatic carbocycles. The molecule has 8 heteroatoms. The first-order chi connectivity index (χ1) is 15.7. The standard InChI is InChI=1S/C25H35N5O3/c1-5-11-19(27-24(33)25(2,3)4)22(31)28-20-16-30(17-26-20)21(18-12-7-6-8-13-18)23(32)29-14-9-10-15-29/h6-8,12-13,16-17,19,21H,5,9-11,14-15H2,1-4H3,(H,27,33)(H,28,31). The van der Waals surface area contributed by atoms with Gasteiger partial charge >= 0.3 is 0 Å². The fourth-order valence-corrected chi connectivity index (χ4v) is 3.88. The number of rotatable bonds is 8. The fraction of sp³-hybridized carbons (Fsp3) is 0.520. The number of hydrogen-bond donors (Lipinski definition) is 2. The van der Waals surface area contributed by atoms with Gasteiger partial charge in [0.15, 0.2) is 5.82 Å². The highest BCUT2D eigenvalue weighted by atomic mass is 16.2. The number of amides is 3. The maximum Gasteiger partial charge on any atom is 0.250 e. The predicted molar refractivity (Wildman–Crippen MR) is 128 cm³/mol. The molecule has 2 N–H and O–H groups in total. The number of hydrogen-bond acceptors (Lipinski definition) is 4. The van der Waals surface area contributed by atoms with Gasteiger partial charge < -0.3 is 20.1 Å². The lowest BCUT2D eigenvalue weighted by molar-refractivity contribution is -0.132. The maximum atomic E-state index is 13.3. The van der Waals surface area contributed by atoms with Gasteiger partial charge in [-0.1, -0.05) is 64.4 Å². The minimum absolute atomic E-state index is 0.0234. The molecule has 0 spiro atoms. The van der Waals surface area contributed by atoms with E-state index in [1.54, 1.807) is 17.1 Å². The van der Waals surface area contributed by atoms with Crippen LogP contribution in [0, 0.1) is 5.41 Å². The van der Waals surface area contributed by atoms with Crippen molar-refractivity contribution in [3.05, 3.63) is 48.4 Å². The lowest BCUT2D eigenvalue weighted by atomic mass is 9.95. The molecule has 3 amide bonds. The molecule has 0 bridgehead atoms. The fourth-order valence-electron chi connectivity index (χ4n) is 3.88. The highest BCUT2D eigenvalue weighted by Gasteiger charge is 2.30. The third-order valence-corrected chi connectivity index (χ3v) is 5.80. The van der Waals surface area contributed by atoms with Gasteiger partial charge in [-0.15, -0.1) is 0 Å². The van der Waals surface area contributed by atoms with E-state index in [0.717, 1.165) is 37.9 Å². The summed E-state index contributed by atoms with van der Waals surface area (Å²) in [6, 6.07) is 8.39. The van der Waals surface area contributed by atoms with Gasteiger partial charge in [-0.05, 0) is 24.8 Å². The molecule has 1 fully saturated rings. The number of likely N-dealkylation sites (tertiary alicyclic amines) is 1. The Balaban J connectivity index is 1.78. The van der Waals surface area contributed by atoms with Crippen LogP contribution in [-0.2, 0) is 14.4 Å². The predicted octanol–water partition coefficient (Wildman–Crippen LogP) is 3.36. The Hall–Kier alpha value is -3.16. The first-order valence-electron chi connectivity index (χ1n) is 11.7. The molecule has 1 saturated heterocycles. The summed E-state index contributed by atoms with van der Waals surface area (Å²) in [7, 11) is 0. The molecule has 0 saturated carbocycles. The number of nitrogens with zero attached hydrogens (tertiary/aromatic N) is 3. The Morgan fingerprint density at radius 1 is 1.09 bits per heavy atom. The molecule has 2 aromatic rings. The van der Waals surface area contributed by atoms with E-state index in [1.807, 2.05) is 62.9 Å². The first kappa shape index (κ1) is 24.5. The van der Waals surface area contributed by atoms with Crippen LogP contribution in [0.25, 0.3) is 0 Å². The average Bonchev–Trinajstić information content (AvgIpc) is 3.46. The topological polar surface area (TPSA) is 96.3 Å². The lowest BCUT2D eigenvalue weighted by Gasteiger charge is -2.24. The third kappa shape index (κ3) is 6.21. The molecule has 1 aliphatic heterocycles. The third-order valence-electron chi connectivity index (χ3n) is 5.80. The van der Waals surface area contributed by atoms with E-state index in [9.17, 15) is 14.4 Å². The summed E-state index contributed by atoms with van der Waals surface area (Å²) in [5.74, 6) is -0.125. The number of nitrogens with one attached hydrogen (secondary N) is 2. The number of carbonyl (C=O) groups is 3. The summed E-state index contributed by atoms with van der Waals surface area (Å²) in [5, 5.41) is 5.65. The number of imidazole rings is 1. The molecule has 2 atom stereocenters. The van der Waals surface area contributed by atoms with Crippen molar-refractivity contribution in [2.24, 2.45) is 5.41 Å². The summed E-state index contributed by atoms with van der Waals surface area (Å²) in [4.78, 5) is 44.9. The quantitative estimate of drug-likeness (QED) is 0.641. The van der Waals surface area contributed by atoms with Crippen LogP contribution in [0.5, 0.6) is 0 Å². The SMILES string of the molecule is CCCC(NC(=O)C(C)(C)C)C(=O)Nc1cn(C(C(=O)N2CCCC2)c2ccccc2)cn1. The molecule has 1 aromatic heterocycles. The maximum absolute atomic E-state index is 13.3. The molecule has 0 aliphatic carbocycles. The van der Waals surface area contributed by atoms with E-state index >= 15 is 0 Å². The van der Waals surface area contributed by atoms with Gasteiger partial charge in [0.25, 0.3) is 0 Å². The van der Waals surface area contributed by atoms with Crippen molar-refractivity contribution in [2.45, 2.75) is 65.5 Å². The van der Waals surface area contributed by atoms with Gasteiger partial charge in [-0.3, -0.25) is 14.4 Å². The zero-order valence-corrected chi connectivity index (χ0v) is 20.0. The monoisotopic (exact) mass is 453 g/mol. The van der Waals surface area contributed by atoms with E-state index < -0.39 is 17.5 Å². The van der Waals surface area contributed by atoms with Crippen molar-refractivity contribution in [3.63, 3.8) is 0 Å². The van der Waals surface area contributed by atoms with E-state index in [0.29, 0.717) is 12.2 Å². The lowest BCUT2D eigenvalue weighted by Crippen LogP contribution is -2.47. The molecule has 8 nitrogen and oxygen atoms in total. The van der Waals surface area contributed by atoms with E-state index in [2.05, 4.69) is 15.6 Å². The zero-order valence-electron chi connectivity index (χ0n) is 20.0. The van der Waals surface area contributed by atoms with Crippen molar-refractivity contribution in [1.29, 1.82) is 0 Å². The van der Waals surface area contributed by atoms with Gasteiger partial charge in [-0.25, -0.2) is 4.98 Å². The molecule has 1 aliphatic rings. The van der Waals surface area contributed by atoms with E-state index in [1.165, 1.54) is 0 Å². The van der Waals surface area contributed by atoms with Crippen LogP contribution in [0.3, 0.4) is 0 Å². The van der Waals surface area contributed by atoms with Crippen molar-refractivity contribution in [3.8, 4) is 0 Å². The van der Waals surface area contributed by atoms with Gasteiger partial charge in [0, 0.05) is 24.7 Å². The Morgan fingerprint density at radius 2 is 1.76 bits per heavy atom. The second-order valence-electron chi connectivity index (χ2n) is 9.61. The Bertz CT molecular complexity index is 958. The van der Waals surface area contributed by atoms with Gasteiger partial charge in [0.05, 0.1) is 6.33 Å². The second kappa shape index (κ2) is 10.6. The van der Waals surface area contributed by atoms with Crippen LogP contribution in [0.2, 0.25) is 0 Å². The summed E-state index contributed by atoms with van der Waals surface area (Å²) in [5.41, 5.74) is 0.276. The molecule has 33 heavy (non-hydrogen) atoms. The summed E-state index contributed by atoms with van der Waals surface area (Å²) < 4.78 is 1.74. The molecular weight excluding hydrogens is 418 g/mol. The van der Waals surface area contributed by atoms with Crippen molar-refractivity contribution < 1.29 is 14.4 Å². The molecule has 2 heterocycles. The minimum Gasteiger partial charge on any atom is -0.344 e. The van der Waals surface area contributed by atoms with E-state index in [4.69, 9.17) is 0 Å². The average molecular weight is 454 g/mol. The summed E-state index contributed by atoms with van der Waals surface area (Å²) >= 11 is 0. The van der Waals surface area contributed by atoms with Crippen LogP contribution in [0.15, 0.2) is 42.9 Å². The van der Waals surface area contributed by atoms with Crippen LogP contribution >= 0.6 is 0 Å². The van der Waals surface area contributed by atoms with Gasteiger partial charge in [0.1, 0.15) is 12.1 Å². The molecular formula is C25H35N5O3. The highest BCUT2D eigenvalue weighted by molar-refractivity contribution is 5.97. The number of carbonyl (C=O) groups excluding carboxylic acids is 3. The number of benzene rings is 1. The van der Waals surface area contributed by atoms with Crippen LogP contribution in [0.4, 0.5) is 5.82 Å². The first-order valence-corrected chi connectivity index (χ1v) is 11.7. The molecule has 178 valence electrons. The molecule has 0 radical (unpaired) electrons. The normalized spacial score (nSPS) is 15.7. The largest absolute Gasteiger partial charge is 0.344 e. The summed E-state index contributed by atoms with van der Waals surface area (Å²) in [6.07, 6.45) is 6.54. The second-order valence-corrected chi connectivity index (χ2v) is 9.61. The molecule has 3 rings (SSSR count). The van der Waals surface area contributed by atoms with Gasteiger partial charge in [-0.2, -0.15) is 0 Å². The number of anilines is 1. The van der Waals surface area contributed by atoms with Crippen LogP contribution in [-0.4, -0.2) is 51.3 Å². The number of aromatic nitrogens is 2. The molecule has 2 unspecified atom stereocenters. The van der Waals surface area contributed by atoms with Crippen LogP contribution in [0.1, 0.15) is 65.0 Å². The zero-order chi connectivity index (χ0) is 24.0. The van der Waals surface area contributed by atoms with Crippen LogP contribution < -0.4 is 10.6 Å². The van der Waals surface area contributed by atoms with Crippen molar-refractivity contribution >= 4 is 23.5 Å².